The van der Waals surface area contributed by atoms with Gasteiger partial charge in [-0.15, -0.1) is 12.4 Å². The molecule has 1 aliphatic rings. The summed E-state index contributed by atoms with van der Waals surface area (Å²) in [5.41, 5.74) is 1.31. The monoisotopic (exact) mass is 213 g/mol. The van der Waals surface area contributed by atoms with Gasteiger partial charge in [-0.3, -0.25) is 0 Å². The number of ether oxygens (including phenoxy) is 1. The summed E-state index contributed by atoms with van der Waals surface area (Å²) in [4.78, 5) is 0. The van der Waals surface area contributed by atoms with Crippen molar-refractivity contribution in [1.82, 2.24) is 5.32 Å². The van der Waals surface area contributed by atoms with Crippen molar-refractivity contribution in [3.8, 4) is 0 Å². The fourth-order valence-corrected chi connectivity index (χ4v) is 1.68. The van der Waals surface area contributed by atoms with Crippen LogP contribution in [0.2, 0.25) is 0 Å². The highest BCUT2D eigenvalue weighted by Crippen LogP contribution is 2.16. The zero-order chi connectivity index (χ0) is 9.10. The SMILES string of the molecule is CC1COCC(c2ccccc2)N1.Cl. The smallest absolute Gasteiger partial charge is 0.0662 e. The molecule has 0 aromatic heterocycles. The van der Waals surface area contributed by atoms with Crippen LogP contribution >= 0.6 is 12.4 Å². The van der Waals surface area contributed by atoms with E-state index in [9.17, 15) is 0 Å². The average molecular weight is 214 g/mol. The first-order chi connectivity index (χ1) is 6.36. The second kappa shape index (κ2) is 5.35. The summed E-state index contributed by atoms with van der Waals surface area (Å²) in [7, 11) is 0. The van der Waals surface area contributed by atoms with Gasteiger partial charge in [-0.1, -0.05) is 30.3 Å². The maximum absolute atomic E-state index is 5.49. The van der Waals surface area contributed by atoms with Crippen molar-refractivity contribution in [2.75, 3.05) is 13.2 Å². The molecule has 1 aliphatic heterocycles. The number of rotatable bonds is 1. The lowest BCUT2D eigenvalue weighted by Gasteiger charge is -2.29. The molecule has 0 radical (unpaired) electrons. The Balaban J connectivity index is 0.000000980. The van der Waals surface area contributed by atoms with Gasteiger partial charge >= 0.3 is 0 Å². The summed E-state index contributed by atoms with van der Waals surface area (Å²) >= 11 is 0. The van der Waals surface area contributed by atoms with Crippen molar-refractivity contribution in [1.29, 1.82) is 0 Å². The quantitative estimate of drug-likeness (QED) is 0.772. The Kier molecular flexibility index (Phi) is 4.39. The predicted octanol–water partition coefficient (Wildman–Crippen LogP) is 2.16. The van der Waals surface area contributed by atoms with Crippen LogP contribution in [0.5, 0.6) is 0 Å². The van der Waals surface area contributed by atoms with Crippen molar-refractivity contribution in [2.24, 2.45) is 0 Å². The fraction of sp³-hybridized carbons (Fsp3) is 0.455. The Morgan fingerprint density at radius 2 is 1.93 bits per heavy atom. The van der Waals surface area contributed by atoms with Gasteiger partial charge in [0.15, 0.2) is 0 Å². The summed E-state index contributed by atoms with van der Waals surface area (Å²) in [5.74, 6) is 0. The summed E-state index contributed by atoms with van der Waals surface area (Å²) < 4.78 is 5.49. The van der Waals surface area contributed by atoms with Crippen molar-refractivity contribution in [3.05, 3.63) is 35.9 Å². The number of hydrogen-bond donors (Lipinski definition) is 1. The van der Waals surface area contributed by atoms with Crippen LogP contribution < -0.4 is 5.32 Å². The van der Waals surface area contributed by atoms with Gasteiger partial charge in [-0.05, 0) is 12.5 Å². The molecule has 14 heavy (non-hydrogen) atoms. The molecule has 0 bridgehead atoms. The highest BCUT2D eigenvalue weighted by Gasteiger charge is 2.18. The maximum atomic E-state index is 5.49. The molecule has 1 aromatic rings. The van der Waals surface area contributed by atoms with E-state index in [-0.39, 0.29) is 12.4 Å². The van der Waals surface area contributed by atoms with Crippen LogP contribution in [0.3, 0.4) is 0 Å². The van der Waals surface area contributed by atoms with Crippen molar-refractivity contribution in [2.45, 2.75) is 19.0 Å². The Hall–Kier alpha value is -0.570. The summed E-state index contributed by atoms with van der Waals surface area (Å²) in [6.07, 6.45) is 0. The van der Waals surface area contributed by atoms with Crippen LogP contribution in [0, 0.1) is 0 Å². The molecule has 3 heteroatoms. The molecule has 0 spiro atoms. The van der Waals surface area contributed by atoms with Gasteiger partial charge in [0.2, 0.25) is 0 Å². The van der Waals surface area contributed by atoms with E-state index in [1.165, 1.54) is 5.56 Å². The molecule has 0 amide bonds. The minimum absolute atomic E-state index is 0. The normalized spacial score (nSPS) is 26.6. The topological polar surface area (TPSA) is 21.3 Å². The molecule has 1 fully saturated rings. The molecule has 78 valence electrons. The highest BCUT2D eigenvalue weighted by atomic mass is 35.5. The third kappa shape index (κ3) is 2.71. The molecule has 2 unspecified atom stereocenters. The molecular formula is C11H16ClNO. The van der Waals surface area contributed by atoms with E-state index < -0.39 is 0 Å². The van der Waals surface area contributed by atoms with Gasteiger partial charge in [-0.25, -0.2) is 0 Å². The van der Waals surface area contributed by atoms with Crippen LogP contribution in [-0.2, 0) is 4.74 Å². The van der Waals surface area contributed by atoms with E-state index in [2.05, 4.69) is 36.5 Å². The second-order valence-electron chi connectivity index (χ2n) is 3.57. The van der Waals surface area contributed by atoms with Crippen LogP contribution in [0.4, 0.5) is 0 Å². The minimum Gasteiger partial charge on any atom is -0.378 e. The molecule has 1 aromatic carbocycles. The zero-order valence-electron chi connectivity index (χ0n) is 8.27. The number of morpholine rings is 1. The third-order valence-electron chi connectivity index (χ3n) is 2.34. The summed E-state index contributed by atoms with van der Waals surface area (Å²) in [6.45, 7) is 3.76. The molecule has 1 heterocycles. The fourth-order valence-electron chi connectivity index (χ4n) is 1.68. The Morgan fingerprint density at radius 1 is 1.21 bits per heavy atom. The number of nitrogens with one attached hydrogen (secondary N) is 1. The molecule has 2 atom stereocenters. The first-order valence-electron chi connectivity index (χ1n) is 4.75. The van der Waals surface area contributed by atoms with Crippen LogP contribution in [-0.4, -0.2) is 19.3 Å². The average Bonchev–Trinajstić information content (AvgIpc) is 2.19. The lowest BCUT2D eigenvalue weighted by Crippen LogP contribution is -2.41. The number of hydrogen-bond acceptors (Lipinski definition) is 2. The Morgan fingerprint density at radius 3 is 2.57 bits per heavy atom. The summed E-state index contributed by atoms with van der Waals surface area (Å²) in [5, 5.41) is 3.51. The van der Waals surface area contributed by atoms with E-state index in [1.54, 1.807) is 0 Å². The molecular weight excluding hydrogens is 198 g/mol. The van der Waals surface area contributed by atoms with E-state index in [0.29, 0.717) is 12.1 Å². The standard InChI is InChI=1S/C11H15NO.ClH/c1-9-7-13-8-11(12-9)10-5-3-2-4-6-10;/h2-6,9,11-12H,7-8H2,1H3;1H. The molecule has 0 saturated carbocycles. The van der Waals surface area contributed by atoms with Gasteiger partial charge < -0.3 is 10.1 Å². The first-order valence-corrected chi connectivity index (χ1v) is 4.75. The summed E-state index contributed by atoms with van der Waals surface area (Å²) in [6, 6.07) is 11.3. The molecule has 2 nitrogen and oxygen atoms in total. The number of halogens is 1. The lowest BCUT2D eigenvalue weighted by atomic mass is 10.1. The molecule has 0 aliphatic carbocycles. The molecule has 1 saturated heterocycles. The van der Waals surface area contributed by atoms with Crippen molar-refractivity contribution >= 4 is 12.4 Å². The molecule has 1 N–H and O–H groups in total. The van der Waals surface area contributed by atoms with Crippen LogP contribution in [0.25, 0.3) is 0 Å². The van der Waals surface area contributed by atoms with Gasteiger partial charge in [0, 0.05) is 6.04 Å². The Labute approximate surface area is 91.1 Å². The van der Waals surface area contributed by atoms with Crippen LogP contribution in [0.1, 0.15) is 18.5 Å². The third-order valence-corrected chi connectivity index (χ3v) is 2.34. The van der Waals surface area contributed by atoms with E-state index in [4.69, 9.17) is 4.74 Å². The highest BCUT2D eigenvalue weighted by molar-refractivity contribution is 5.85. The lowest BCUT2D eigenvalue weighted by molar-refractivity contribution is 0.0504. The Bertz CT molecular complexity index is 265. The minimum atomic E-state index is 0. The first kappa shape index (κ1) is 11.5. The zero-order valence-corrected chi connectivity index (χ0v) is 9.09. The number of benzene rings is 1. The van der Waals surface area contributed by atoms with Gasteiger partial charge in [0.05, 0.1) is 19.3 Å². The van der Waals surface area contributed by atoms with Crippen LogP contribution in [0.15, 0.2) is 30.3 Å². The maximum Gasteiger partial charge on any atom is 0.0662 e. The largest absolute Gasteiger partial charge is 0.378 e. The van der Waals surface area contributed by atoms with Crippen molar-refractivity contribution in [3.63, 3.8) is 0 Å². The van der Waals surface area contributed by atoms with Crippen molar-refractivity contribution < 1.29 is 4.74 Å². The van der Waals surface area contributed by atoms with E-state index >= 15 is 0 Å². The van der Waals surface area contributed by atoms with Gasteiger partial charge in [0.25, 0.3) is 0 Å². The predicted molar refractivity (Wildman–Crippen MR) is 59.8 cm³/mol. The second-order valence-corrected chi connectivity index (χ2v) is 3.57. The van der Waals surface area contributed by atoms with Gasteiger partial charge in [-0.2, -0.15) is 0 Å². The van der Waals surface area contributed by atoms with Gasteiger partial charge in [0.1, 0.15) is 0 Å². The van der Waals surface area contributed by atoms with E-state index in [0.717, 1.165) is 13.2 Å². The van der Waals surface area contributed by atoms with E-state index in [1.807, 2.05) is 6.07 Å². The molecule has 2 rings (SSSR count).